The van der Waals surface area contributed by atoms with Crippen molar-refractivity contribution in [1.29, 1.82) is 0 Å². The molecule has 0 spiro atoms. The Labute approximate surface area is 267 Å². The maximum absolute atomic E-state index is 12.8. The Morgan fingerprint density at radius 1 is 0.727 bits per heavy atom. The van der Waals surface area contributed by atoms with E-state index in [0.29, 0.717) is 25.0 Å². The van der Waals surface area contributed by atoms with E-state index in [-0.39, 0.29) is 42.5 Å². The quantitative estimate of drug-likeness (QED) is 0.0586. The van der Waals surface area contributed by atoms with E-state index in [9.17, 15) is 14.4 Å². The summed E-state index contributed by atoms with van der Waals surface area (Å²) in [4.78, 5) is 39.7. The monoisotopic (exact) mass is 615 g/mol. The van der Waals surface area contributed by atoms with Gasteiger partial charge in [0.2, 0.25) is 0 Å². The van der Waals surface area contributed by atoms with Crippen LogP contribution in [0.4, 0.5) is 0 Å². The number of hydrogen-bond donors (Lipinski definition) is 0. The second-order valence-electron chi connectivity index (χ2n) is 13.3. The van der Waals surface area contributed by atoms with Crippen molar-refractivity contribution in [2.24, 2.45) is 11.3 Å². The Balaban J connectivity index is 1.58. The molecule has 7 nitrogen and oxygen atoms in total. The van der Waals surface area contributed by atoms with Crippen molar-refractivity contribution in [2.45, 2.75) is 136 Å². The van der Waals surface area contributed by atoms with Crippen molar-refractivity contribution >= 4 is 17.9 Å². The lowest BCUT2D eigenvalue weighted by molar-refractivity contribution is -0.150. The van der Waals surface area contributed by atoms with E-state index in [0.717, 1.165) is 63.5 Å². The minimum Gasteiger partial charge on any atom is -0.465 e. The van der Waals surface area contributed by atoms with Gasteiger partial charge in [0.05, 0.1) is 18.1 Å². The summed E-state index contributed by atoms with van der Waals surface area (Å²) in [5, 5.41) is 0. The Bertz CT molecular complexity index is 940. The van der Waals surface area contributed by atoms with Gasteiger partial charge >= 0.3 is 17.9 Å². The van der Waals surface area contributed by atoms with E-state index in [1.807, 2.05) is 26.2 Å². The molecule has 1 atom stereocenters. The average Bonchev–Trinajstić information content (AvgIpc) is 3.79. The number of unbranched alkanes of at least 4 members (excludes halogenated alkanes) is 10. The van der Waals surface area contributed by atoms with Crippen LogP contribution in [0.1, 0.15) is 145 Å². The minimum atomic E-state index is -0.343. The van der Waals surface area contributed by atoms with Gasteiger partial charge in [0.1, 0.15) is 13.2 Å². The first-order valence-electron chi connectivity index (χ1n) is 17.5. The normalized spacial score (nSPS) is 14.3. The van der Waals surface area contributed by atoms with Gasteiger partial charge in [-0.25, -0.2) is 4.79 Å². The fourth-order valence-electron chi connectivity index (χ4n) is 5.43. The lowest BCUT2D eigenvalue weighted by atomic mass is 9.94. The molecule has 1 unspecified atom stereocenters. The van der Waals surface area contributed by atoms with Crippen LogP contribution in [0.2, 0.25) is 0 Å². The molecule has 2 rings (SSSR count). The van der Waals surface area contributed by atoms with Crippen molar-refractivity contribution in [1.82, 2.24) is 4.90 Å². The van der Waals surface area contributed by atoms with E-state index in [2.05, 4.69) is 18.7 Å². The lowest BCUT2D eigenvalue weighted by Crippen LogP contribution is -2.22. The largest absolute Gasteiger partial charge is 0.465 e. The number of nitrogens with zero attached hydrogens (tertiary/aromatic N) is 1. The zero-order valence-corrected chi connectivity index (χ0v) is 28.3. The maximum atomic E-state index is 12.8. The fraction of sp³-hybridized carbons (Fsp3) is 0.757. The lowest BCUT2D eigenvalue weighted by Gasteiger charge is -2.16. The van der Waals surface area contributed by atoms with Crippen molar-refractivity contribution in [3.63, 3.8) is 0 Å². The molecule has 1 saturated carbocycles. The third kappa shape index (κ3) is 16.6. The zero-order chi connectivity index (χ0) is 32.0. The van der Waals surface area contributed by atoms with Gasteiger partial charge in [-0.15, -0.1) is 0 Å². The summed E-state index contributed by atoms with van der Waals surface area (Å²) in [5.41, 5.74) is 1.43. The van der Waals surface area contributed by atoms with Gasteiger partial charge < -0.3 is 19.1 Å². The molecule has 0 radical (unpaired) electrons. The van der Waals surface area contributed by atoms with Crippen LogP contribution >= 0.6 is 0 Å². The molecule has 1 aromatic carbocycles. The summed E-state index contributed by atoms with van der Waals surface area (Å²) in [6.45, 7) is 6.23. The highest BCUT2D eigenvalue weighted by atomic mass is 16.5. The molecule has 1 aliphatic rings. The Kier molecular flexibility index (Phi) is 19.0. The Morgan fingerprint density at radius 2 is 1.30 bits per heavy atom. The molecule has 1 aromatic rings. The SMILES string of the molecule is CCCCCCCCC(CCCCCC)C(=O)OCCCCCC(=O)OCC1(COC(=O)c2ccc(CN(C)C)cc2)CC1. The maximum Gasteiger partial charge on any atom is 0.338 e. The molecule has 0 bridgehead atoms. The number of hydrogen-bond acceptors (Lipinski definition) is 7. The molecule has 0 N–H and O–H groups in total. The van der Waals surface area contributed by atoms with Gasteiger partial charge in [-0.3, -0.25) is 9.59 Å². The van der Waals surface area contributed by atoms with E-state index >= 15 is 0 Å². The molecule has 0 heterocycles. The molecule has 44 heavy (non-hydrogen) atoms. The highest BCUT2D eigenvalue weighted by Crippen LogP contribution is 2.46. The minimum absolute atomic E-state index is 0.0238. The topological polar surface area (TPSA) is 82.1 Å². The third-order valence-corrected chi connectivity index (χ3v) is 8.61. The summed E-state index contributed by atoms with van der Waals surface area (Å²) in [5.74, 6) is -0.575. The van der Waals surface area contributed by atoms with Crippen LogP contribution in [0.25, 0.3) is 0 Å². The molecule has 1 fully saturated rings. The van der Waals surface area contributed by atoms with Crippen LogP contribution in [0.5, 0.6) is 0 Å². The molecule has 0 aromatic heterocycles. The van der Waals surface area contributed by atoms with Crippen LogP contribution in [0.15, 0.2) is 24.3 Å². The van der Waals surface area contributed by atoms with Gasteiger partial charge in [-0.05, 0) is 76.7 Å². The molecule has 1 aliphatic carbocycles. The first kappa shape index (κ1) is 37.8. The fourth-order valence-corrected chi connectivity index (χ4v) is 5.43. The van der Waals surface area contributed by atoms with Crippen molar-refractivity contribution < 1.29 is 28.6 Å². The van der Waals surface area contributed by atoms with Crippen LogP contribution in [0, 0.1) is 11.3 Å². The molecule has 0 aliphatic heterocycles. The summed E-state index contributed by atoms with van der Waals surface area (Å²) < 4.78 is 16.8. The second kappa shape index (κ2) is 22.2. The first-order valence-corrected chi connectivity index (χ1v) is 17.5. The van der Waals surface area contributed by atoms with Crippen molar-refractivity contribution in [2.75, 3.05) is 33.9 Å². The highest BCUT2D eigenvalue weighted by Gasteiger charge is 2.45. The third-order valence-electron chi connectivity index (χ3n) is 8.61. The van der Waals surface area contributed by atoms with Gasteiger partial charge in [-0.2, -0.15) is 0 Å². The van der Waals surface area contributed by atoms with E-state index < -0.39 is 0 Å². The predicted octanol–water partition coefficient (Wildman–Crippen LogP) is 8.67. The first-order chi connectivity index (χ1) is 21.3. The predicted molar refractivity (Wildman–Crippen MR) is 176 cm³/mol. The summed E-state index contributed by atoms with van der Waals surface area (Å²) in [6.07, 6.45) is 18.4. The van der Waals surface area contributed by atoms with Crippen LogP contribution < -0.4 is 0 Å². The number of benzene rings is 1. The highest BCUT2D eigenvalue weighted by molar-refractivity contribution is 5.89. The van der Waals surface area contributed by atoms with Crippen molar-refractivity contribution in [3.8, 4) is 0 Å². The van der Waals surface area contributed by atoms with Crippen LogP contribution in [-0.2, 0) is 30.3 Å². The molecule has 7 heteroatoms. The van der Waals surface area contributed by atoms with Gasteiger partial charge in [0, 0.05) is 18.4 Å². The zero-order valence-electron chi connectivity index (χ0n) is 28.3. The molecular weight excluding hydrogens is 554 g/mol. The standard InChI is InChI=1S/C37H61NO6/c1-5-7-9-11-12-15-19-32(18-14-10-8-6-2)35(40)42-27-17-13-16-20-34(39)43-29-37(25-26-37)30-44-36(41)33-23-21-31(22-24-33)28-38(3)4/h21-24,32H,5-20,25-30H2,1-4H3. The summed E-state index contributed by atoms with van der Waals surface area (Å²) in [6, 6.07) is 7.48. The van der Waals surface area contributed by atoms with Gasteiger partial charge in [0.15, 0.2) is 0 Å². The summed E-state index contributed by atoms with van der Waals surface area (Å²) >= 11 is 0. The Morgan fingerprint density at radius 3 is 1.91 bits per heavy atom. The van der Waals surface area contributed by atoms with Gasteiger partial charge in [0.25, 0.3) is 0 Å². The van der Waals surface area contributed by atoms with Gasteiger partial charge in [-0.1, -0.05) is 90.2 Å². The number of esters is 3. The number of carbonyl (C=O) groups excluding carboxylic acids is 3. The van der Waals surface area contributed by atoms with E-state index in [4.69, 9.17) is 14.2 Å². The van der Waals surface area contributed by atoms with Crippen LogP contribution in [-0.4, -0.2) is 56.7 Å². The van der Waals surface area contributed by atoms with E-state index in [1.165, 1.54) is 51.4 Å². The van der Waals surface area contributed by atoms with Crippen LogP contribution in [0.3, 0.4) is 0 Å². The van der Waals surface area contributed by atoms with Crippen molar-refractivity contribution in [3.05, 3.63) is 35.4 Å². The Hall–Kier alpha value is -2.41. The number of carbonyl (C=O) groups is 3. The number of rotatable bonds is 26. The average molecular weight is 616 g/mol. The summed E-state index contributed by atoms with van der Waals surface area (Å²) in [7, 11) is 4.01. The number of ether oxygens (including phenoxy) is 3. The molecule has 0 saturated heterocycles. The molecular formula is C37H61NO6. The smallest absolute Gasteiger partial charge is 0.338 e. The molecule has 0 amide bonds. The van der Waals surface area contributed by atoms with E-state index in [1.54, 1.807) is 12.1 Å². The molecule has 250 valence electrons. The second-order valence-corrected chi connectivity index (χ2v) is 13.3.